The number of rotatable bonds is 13. The van der Waals surface area contributed by atoms with Crippen molar-refractivity contribution in [3.05, 3.63) is 72.8 Å². The van der Waals surface area contributed by atoms with Gasteiger partial charge in [0.05, 0.1) is 0 Å². The molecule has 0 N–H and O–H groups in total. The SMILES string of the molecule is C=C(c1ccccc1)N(CCCC)CCCCN1CC(N(C)Sc2ccccc2)C1. The maximum atomic E-state index is 4.39. The van der Waals surface area contributed by atoms with Crippen LogP contribution >= 0.6 is 11.9 Å². The molecule has 2 aromatic rings. The molecule has 4 heteroatoms. The third-order valence-electron chi connectivity index (χ3n) is 5.87. The van der Waals surface area contributed by atoms with E-state index in [2.05, 4.69) is 95.3 Å². The van der Waals surface area contributed by atoms with Crippen molar-refractivity contribution in [3.8, 4) is 0 Å². The molecule has 0 amide bonds. The molecular weight excluding hydrogens is 386 g/mol. The summed E-state index contributed by atoms with van der Waals surface area (Å²) in [5, 5.41) is 0. The van der Waals surface area contributed by atoms with Gasteiger partial charge in [-0.2, -0.15) is 0 Å². The molecule has 30 heavy (non-hydrogen) atoms. The van der Waals surface area contributed by atoms with E-state index in [9.17, 15) is 0 Å². The average Bonchev–Trinajstić information content (AvgIpc) is 2.75. The average molecular weight is 424 g/mol. The molecule has 1 fully saturated rings. The Morgan fingerprint density at radius 3 is 2.27 bits per heavy atom. The fraction of sp³-hybridized carbons (Fsp3) is 0.462. The Labute approximate surface area is 187 Å². The van der Waals surface area contributed by atoms with Crippen LogP contribution < -0.4 is 0 Å². The van der Waals surface area contributed by atoms with E-state index in [1.807, 2.05) is 11.9 Å². The van der Waals surface area contributed by atoms with Crippen molar-refractivity contribution in [3.63, 3.8) is 0 Å². The van der Waals surface area contributed by atoms with Crippen LogP contribution in [0.3, 0.4) is 0 Å². The van der Waals surface area contributed by atoms with Gasteiger partial charge in [-0.15, -0.1) is 0 Å². The normalized spacial score (nSPS) is 14.6. The van der Waals surface area contributed by atoms with Crippen molar-refractivity contribution in [2.75, 3.05) is 39.8 Å². The zero-order chi connectivity index (χ0) is 21.2. The number of benzene rings is 2. The maximum Gasteiger partial charge on any atom is 0.0457 e. The van der Waals surface area contributed by atoms with Crippen molar-refractivity contribution in [1.29, 1.82) is 0 Å². The molecule has 3 nitrogen and oxygen atoms in total. The second kappa shape index (κ2) is 12.2. The number of hydrogen-bond donors (Lipinski definition) is 0. The van der Waals surface area contributed by atoms with E-state index in [4.69, 9.17) is 0 Å². The molecule has 0 unspecified atom stereocenters. The van der Waals surface area contributed by atoms with Gasteiger partial charge in [-0.1, -0.05) is 68.5 Å². The summed E-state index contributed by atoms with van der Waals surface area (Å²) in [7, 11) is 2.22. The number of likely N-dealkylation sites (N-methyl/N-ethyl adjacent to an activating group) is 1. The molecule has 162 valence electrons. The molecule has 0 radical (unpaired) electrons. The lowest BCUT2D eigenvalue weighted by Crippen LogP contribution is -2.56. The number of unbranched alkanes of at least 4 members (excludes halogenated alkanes) is 2. The molecule has 1 heterocycles. The van der Waals surface area contributed by atoms with Crippen LogP contribution in [0.4, 0.5) is 0 Å². The predicted octanol–water partition coefficient (Wildman–Crippen LogP) is 5.86. The molecular formula is C26H37N3S. The van der Waals surface area contributed by atoms with E-state index >= 15 is 0 Å². The molecule has 0 atom stereocenters. The Morgan fingerprint density at radius 2 is 1.60 bits per heavy atom. The van der Waals surface area contributed by atoms with Crippen LogP contribution in [0.25, 0.3) is 5.70 Å². The van der Waals surface area contributed by atoms with Crippen LogP contribution in [0.5, 0.6) is 0 Å². The van der Waals surface area contributed by atoms with E-state index in [-0.39, 0.29) is 0 Å². The molecule has 0 bridgehead atoms. The van der Waals surface area contributed by atoms with Crippen LogP contribution in [0.15, 0.2) is 72.1 Å². The van der Waals surface area contributed by atoms with Gasteiger partial charge in [0.25, 0.3) is 0 Å². The molecule has 3 rings (SSSR count). The topological polar surface area (TPSA) is 9.72 Å². The fourth-order valence-corrected chi connectivity index (χ4v) is 4.75. The molecule has 2 aromatic carbocycles. The lowest BCUT2D eigenvalue weighted by Gasteiger charge is -2.43. The van der Waals surface area contributed by atoms with Gasteiger partial charge >= 0.3 is 0 Å². The summed E-state index contributed by atoms with van der Waals surface area (Å²) < 4.78 is 2.42. The van der Waals surface area contributed by atoms with Gasteiger partial charge in [-0.3, -0.25) is 0 Å². The predicted molar refractivity (Wildman–Crippen MR) is 131 cm³/mol. The third kappa shape index (κ3) is 6.90. The Kier molecular flexibility index (Phi) is 9.31. The minimum absolute atomic E-state index is 0.661. The van der Waals surface area contributed by atoms with Crippen LogP contribution in [0.2, 0.25) is 0 Å². The Bertz CT molecular complexity index is 743. The van der Waals surface area contributed by atoms with Crippen molar-refractivity contribution in [1.82, 2.24) is 14.1 Å². The van der Waals surface area contributed by atoms with Crippen LogP contribution in [0.1, 0.15) is 38.2 Å². The van der Waals surface area contributed by atoms with Crippen LogP contribution in [0, 0.1) is 0 Å². The van der Waals surface area contributed by atoms with Crippen LogP contribution in [-0.4, -0.2) is 59.9 Å². The highest BCUT2D eigenvalue weighted by molar-refractivity contribution is 7.97. The van der Waals surface area contributed by atoms with Crippen molar-refractivity contribution in [2.45, 2.75) is 43.5 Å². The molecule has 1 aliphatic heterocycles. The first-order valence-corrected chi connectivity index (χ1v) is 12.1. The Hall–Kier alpha value is -1.75. The molecule has 1 saturated heterocycles. The highest BCUT2D eigenvalue weighted by atomic mass is 32.2. The Balaban J connectivity index is 1.35. The first-order valence-electron chi connectivity index (χ1n) is 11.3. The first kappa shape index (κ1) is 22.9. The highest BCUT2D eigenvalue weighted by Gasteiger charge is 2.29. The Morgan fingerprint density at radius 1 is 0.967 bits per heavy atom. The van der Waals surface area contributed by atoms with Gasteiger partial charge in [0.15, 0.2) is 0 Å². The van der Waals surface area contributed by atoms with E-state index in [1.54, 1.807) is 0 Å². The summed E-state index contributed by atoms with van der Waals surface area (Å²) in [6.45, 7) is 12.4. The molecule has 0 aromatic heterocycles. The van der Waals surface area contributed by atoms with E-state index < -0.39 is 0 Å². The molecule has 0 spiro atoms. The quantitative estimate of drug-likeness (QED) is 0.295. The van der Waals surface area contributed by atoms with E-state index in [1.165, 1.54) is 61.5 Å². The zero-order valence-electron chi connectivity index (χ0n) is 18.7. The van der Waals surface area contributed by atoms with Gasteiger partial charge in [0.1, 0.15) is 0 Å². The minimum Gasteiger partial charge on any atom is -0.372 e. The van der Waals surface area contributed by atoms with E-state index in [0.717, 1.165) is 13.1 Å². The summed E-state index contributed by atoms with van der Waals surface area (Å²) >= 11 is 1.86. The maximum absolute atomic E-state index is 4.39. The third-order valence-corrected chi connectivity index (χ3v) is 6.94. The molecule has 0 saturated carbocycles. The van der Waals surface area contributed by atoms with Crippen LogP contribution in [-0.2, 0) is 0 Å². The summed E-state index contributed by atoms with van der Waals surface area (Å²) in [6.07, 6.45) is 4.94. The first-order chi connectivity index (χ1) is 14.7. The van der Waals surface area contributed by atoms with E-state index in [0.29, 0.717) is 6.04 Å². The van der Waals surface area contributed by atoms with Gasteiger partial charge < -0.3 is 9.80 Å². The van der Waals surface area contributed by atoms with Gasteiger partial charge in [-0.25, -0.2) is 4.31 Å². The van der Waals surface area contributed by atoms with Gasteiger partial charge in [-0.05, 0) is 62.5 Å². The largest absolute Gasteiger partial charge is 0.372 e. The molecule has 1 aliphatic rings. The second-order valence-corrected chi connectivity index (χ2v) is 9.45. The number of hydrogen-bond acceptors (Lipinski definition) is 4. The van der Waals surface area contributed by atoms with Gasteiger partial charge in [0, 0.05) is 42.8 Å². The zero-order valence-corrected chi connectivity index (χ0v) is 19.5. The standard InChI is InChI=1S/C26H37N3S/c1-4-5-19-29(23(2)24-14-8-6-9-15-24)20-13-12-18-28-21-25(22-28)27(3)30-26-16-10-7-11-17-26/h6-11,14-17,25H,2,4-5,12-13,18-22H2,1,3H3. The summed E-state index contributed by atoms with van der Waals surface area (Å²) in [6, 6.07) is 22.0. The second-order valence-electron chi connectivity index (χ2n) is 8.22. The monoisotopic (exact) mass is 423 g/mol. The minimum atomic E-state index is 0.661. The lowest BCUT2D eigenvalue weighted by atomic mass is 10.1. The van der Waals surface area contributed by atoms with Crippen molar-refractivity contribution < 1.29 is 0 Å². The smallest absolute Gasteiger partial charge is 0.0457 e. The fourth-order valence-electron chi connectivity index (χ4n) is 3.86. The lowest BCUT2D eigenvalue weighted by molar-refractivity contribution is 0.0927. The summed E-state index contributed by atoms with van der Waals surface area (Å²) in [5.41, 5.74) is 2.42. The number of nitrogens with zero attached hydrogens (tertiary/aromatic N) is 3. The van der Waals surface area contributed by atoms with Gasteiger partial charge in [0.2, 0.25) is 0 Å². The summed E-state index contributed by atoms with van der Waals surface area (Å²) in [5.74, 6) is 0. The molecule has 0 aliphatic carbocycles. The highest BCUT2D eigenvalue weighted by Crippen LogP contribution is 2.27. The van der Waals surface area contributed by atoms with Crippen molar-refractivity contribution in [2.24, 2.45) is 0 Å². The summed E-state index contributed by atoms with van der Waals surface area (Å²) in [4.78, 5) is 6.40. The number of likely N-dealkylation sites (tertiary alicyclic amines) is 1. The van der Waals surface area contributed by atoms with Crippen molar-refractivity contribution >= 4 is 17.6 Å².